The molecule has 0 saturated carbocycles. The van der Waals surface area contributed by atoms with Gasteiger partial charge in [0.1, 0.15) is 11.5 Å². The summed E-state index contributed by atoms with van der Waals surface area (Å²) in [7, 11) is -3.83. The van der Waals surface area contributed by atoms with E-state index in [1.54, 1.807) is 12.1 Å². The number of rotatable bonds is 3. The quantitative estimate of drug-likeness (QED) is 0.513. The van der Waals surface area contributed by atoms with Crippen molar-refractivity contribution < 1.29 is 23.1 Å². The minimum absolute atomic E-state index is 0.0486. The number of sulfonamides is 1. The van der Waals surface area contributed by atoms with Gasteiger partial charge in [0.2, 0.25) is 0 Å². The molecule has 2 aromatic carbocycles. The molecule has 2 N–H and O–H groups in total. The van der Waals surface area contributed by atoms with Gasteiger partial charge in [0.15, 0.2) is 0 Å². The summed E-state index contributed by atoms with van der Waals surface area (Å²) >= 11 is 0. The van der Waals surface area contributed by atoms with Crippen molar-refractivity contribution in [2.45, 2.75) is 17.7 Å². The summed E-state index contributed by atoms with van der Waals surface area (Å²) in [5.41, 5.74) is 0.770. The second-order valence-electron chi connectivity index (χ2n) is 4.87. The number of ether oxygens (including phenoxy) is 1. The molecule has 1 aliphatic rings. The monoisotopic (exact) mass is 319 g/mol. The average Bonchev–Trinajstić information content (AvgIpc) is 2.49. The van der Waals surface area contributed by atoms with Gasteiger partial charge < -0.3 is 9.84 Å². The van der Waals surface area contributed by atoms with Crippen molar-refractivity contribution in [2.24, 2.45) is 0 Å². The van der Waals surface area contributed by atoms with E-state index in [0.29, 0.717) is 17.7 Å². The van der Waals surface area contributed by atoms with Crippen LogP contribution in [0.1, 0.15) is 12.0 Å². The van der Waals surface area contributed by atoms with Gasteiger partial charge >= 0.3 is 5.97 Å². The summed E-state index contributed by atoms with van der Waals surface area (Å²) < 4.78 is 32.1. The first-order chi connectivity index (χ1) is 10.5. The van der Waals surface area contributed by atoms with E-state index in [9.17, 15) is 18.3 Å². The number of phenols is 1. The Morgan fingerprint density at radius 1 is 1.09 bits per heavy atom. The van der Waals surface area contributed by atoms with Crippen LogP contribution in [0.5, 0.6) is 11.5 Å². The van der Waals surface area contributed by atoms with Crippen LogP contribution in [0, 0.1) is 0 Å². The number of phenolic OH excluding ortho intramolecular Hbond substituents is 1. The second kappa shape index (κ2) is 5.34. The molecule has 22 heavy (non-hydrogen) atoms. The molecule has 7 heteroatoms. The highest BCUT2D eigenvalue weighted by Gasteiger charge is 2.22. The largest absolute Gasteiger partial charge is 0.506 e. The minimum Gasteiger partial charge on any atom is -0.506 e. The third-order valence-electron chi connectivity index (χ3n) is 3.31. The summed E-state index contributed by atoms with van der Waals surface area (Å²) in [5.74, 6) is -0.0915. The van der Waals surface area contributed by atoms with Crippen molar-refractivity contribution in [2.75, 3.05) is 4.72 Å². The van der Waals surface area contributed by atoms with Crippen LogP contribution in [0.2, 0.25) is 0 Å². The van der Waals surface area contributed by atoms with Gasteiger partial charge in [-0.25, -0.2) is 8.42 Å². The van der Waals surface area contributed by atoms with Crippen LogP contribution in [0.15, 0.2) is 47.4 Å². The van der Waals surface area contributed by atoms with E-state index < -0.39 is 10.0 Å². The Kier molecular flexibility index (Phi) is 3.50. The lowest BCUT2D eigenvalue weighted by Crippen LogP contribution is -2.17. The number of fused-ring (bicyclic) bond motifs is 1. The summed E-state index contributed by atoms with van der Waals surface area (Å²) in [5, 5.41) is 9.66. The number of esters is 1. The zero-order valence-electron chi connectivity index (χ0n) is 11.4. The van der Waals surface area contributed by atoms with Crippen LogP contribution in [-0.2, 0) is 21.2 Å². The Labute approximate surface area is 127 Å². The molecule has 0 atom stereocenters. The lowest BCUT2D eigenvalue weighted by atomic mass is 10.1. The maximum Gasteiger partial charge on any atom is 0.311 e. The topological polar surface area (TPSA) is 92.7 Å². The molecule has 0 amide bonds. The van der Waals surface area contributed by atoms with Crippen molar-refractivity contribution in [1.29, 1.82) is 0 Å². The predicted molar refractivity (Wildman–Crippen MR) is 79.3 cm³/mol. The molecule has 0 aromatic heterocycles. The van der Waals surface area contributed by atoms with Gasteiger partial charge in [-0.3, -0.25) is 9.52 Å². The molecule has 0 aliphatic carbocycles. The van der Waals surface area contributed by atoms with Crippen molar-refractivity contribution in [3.8, 4) is 11.5 Å². The van der Waals surface area contributed by atoms with Crippen LogP contribution in [0.25, 0.3) is 0 Å². The number of para-hydroxylation sites is 2. The maximum atomic E-state index is 12.4. The third kappa shape index (κ3) is 2.75. The van der Waals surface area contributed by atoms with E-state index in [1.807, 2.05) is 0 Å². The fourth-order valence-corrected chi connectivity index (χ4v) is 3.32. The van der Waals surface area contributed by atoms with E-state index >= 15 is 0 Å². The van der Waals surface area contributed by atoms with Crippen molar-refractivity contribution >= 4 is 21.7 Å². The van der Waals surface area contributed by atoms with E-state index in [4.69, 9.17) is 4.74 Å². The number of hydrogen-bond acceptors (Lipinski definition) is 5. The first kappa shape index (κ1) is 14.4. The number of carbonyl (C=O) groups is 1. The highest BCUT2D eigenvalue weighted by Crippen LogP contribution is 2.30. The number of aryl methyl sites for hydroxylation is 1. The molecule has 1 aliphatic heterocycles. The molecule has 0 saturated heterocycles. The highest BCUT2D eigenvalue weighted by molar-refractivity contribution is 7.92. The Morgan fingerprint density at radius 3 is 2.64 bits per heavy atom. The van der Waals surface area contributed by atoms with Gasteiger partial charge in [0.05, 0.1) is 17.0 Å². The SMILES string of the molecule is O=C1CCc2cc(S(=O)(=O)Nc3ccccc3O)ccc2O1. The number of benzene rings is 2. The second-order valence-corrected chi connectivity index (χ2v) is 6.55. The smallest absolute Gasteiger partial charge is 0.311 e. The fraction of sp³-hybridized carbons (Fsp3) is 0.133. The van der Waals surface area contributed by atoms with E-state index in [-0.39, 0.29) is 28.7 Å². The van der Waals surface area contributed by atoms with E-state index in [1.165, 1.54) is 30.3 Å². The van der Waals surface area contributed by atoms with Gasteiger partial charge in [-0.05, 0) is 42.3 Å². The molecule has 0 unspecified atom stereocenters. The zero-order valence-corrected chi connectivity index (χ0v) is 12.3. The van der Waals surface area contributed by atoms with Gasteiger partial charge in [-0.1, -0.05) is 12.1 Å². The van der Waals surface area contributed by atoms with Crippen LogP contribution in [-0.4, -0.2) is 19.5 Å². The molecule has 0 radical (unpaired) electrons. The number of anilines is 1. The maximum absolute atomic E-state index is 12.4. The fourth-order valence-electron chi connectivity index (χ4n) is 2.19. The standard InChI is InChI=1S/C15H13NO5S/c17-13-4-2-1-3-12(13)16-22(19,20)11-6-7-14-10(9-11)5-8-15(18)21-14/h1-4,6-7,9,16-17H,5,8H2. The molecule has 3 rings (SSSR count). The Morgan fingerprint density at radius 2 is 1.86 bits per heavy atom. The summed E-state index contributed by atoms with van der Waals surface area (Å²) in [4.78, 5) is 11.3. The summed E-state index contributed by atoms with van der Waals surface area (Å²) in [6.45, 7) is 0. The molecule has 0 bridgehead atoms. The molecule has 2 aromatic rings. The molecular formula is C15H13NO5S. The molecule has 1 heterocycles. The third-order valence-corrected chi connectivity index (χ3v) is 4.68. The summed E-state index contributed by atoms with van der Waals surface area (Å²) in [6, 6.07) is 10.4. The Bertz CT molecular complexity index is 845. The van der Waals surface area contributed by atoms with Crippen molar-refractivity contribution in [3.05, 3.63) is 48.0 Å². The van der Waals surface area contributed by atoms with Crippen molar-refractivity contribution in [3.63, 3.8) is 0 Å². The average molecular weight is 319 g/mol. The number of nitrogens with one attached hydrogen (secondary N) is 1. The van der Waals surface area contributed by atoms with Crippen LogP contribution >= 0.6 is 0 Å². The molecule has 6 nitrogen and oxygen atoms in total. The molecule has 0 fully saturated rings. The Hall–Kier alpha value is -2.54. The minimum atomic E-state index is -3.83. The van der Waals surface area contributed by atoms with Crippen LogP contribution in [0.3, 0.4) is 0 Å². The van der Waals surface area contributed by atoms with Gasteiger partial charge in [0.25, 0.3) is 10.0 Å². The molecular weight excluding hydrogens is 306 g/mol. The number of carbonyl (C=O) groups excluding carboxylic acids is 1. The normalized spacial score (nSPS) is 14.1. The van der Waals surface area contributed by atoms with Crippen molar-refractivity contribution in [1.82, 2.24) is 0 Å². The lowest BCUT2D eigenvalue weighted by molar-refractivity contribution is -0.135. The molecule has 114 valence electrons. The van der Waals surface area contributed by atoms with E-state index in [0.717, 1.165) is 0 Å². The van der Waals surface area contributed by atoms with E-state index in [2.05, 4.69) is 4.72 Å². The first-order valence-corrected chi connectivity index (χ1v) is 8.08. The predicted octanol–water partition coefficient (Wildman–Crippen LogP) is 2.04. The molecule has 0 spiro atoms. The van der Waals surface area contributed by atoms with Gasteiger partial charge in [-0.2, -0.15) is 0 Å². The zero-order chi connectivity index (χ0) is 15.7. The van der Waals surface area contributed by atoms with Crippen LogP contribution in [0.4, 0.5) is 5.69 Å². The first-order valence-electron chi connectivity index (χ1n) is 6.60. The Balaban J connectivity index is 1.93. The van der Waals surface area contributed by atoms with Gasteiger partial charge in [0, 0.05) is 0 Å². The highest BCUT2D eigenvalue weighted by atomic mass is 32.2. The number of hydrogen-bond donors (Lipinski definition) is 2. The number of aromatic hydroxyl groups is 1. The van der Waals surface area contributed by atoms with Crippen LogP contribution < -0.4 is 9.46 Å². The summed E-state index contributed by atoms with van der Waals surface area (Å²) in [6.07, 6.45) is 0.664. The van der Waals surface area contributed by atoms with Gasteiger partial charge in [-0.15, -0.1) is 0 Å². The lowest BCUT2D eigenvalue weighted by Gasteiger charge is -2.16.